The SMILES string of the molecule is CC(C)(C)OC(=O)C1(NC(=O)c2cnc(-c3cn(C4CCC(F)(F)CC4)c4nc(OC5CCN(c6ncccn6)CC5)ccc34)nc2C(F)(F)F)C2CC3CC(C2)CC1C3. The smallest absolute Gasteiger partial charge is 0.434 e. The van der Waals surface area contributed by atoms with Crippen molar-refractivity contribution in [1.82, 2.24) is 34.8 Å². The highest BCUT2D eigenvalue weighted by Crippen LogP contribution is 2.59. The zero-order valence-electron chi connectivity index (χ0n) is 33.9. The lowest BCUT2D eigenvalue weighted by atomic mass is 9.48. The van der Waals surface area contributed by atoms with Gasteiger partial charge in [0.2, 0.25) is 17.8 Å². The Hall–Kier alpha value is -4.96. The van der Waals surface area contributed by atoms with Gasteiger partial charge in [-0.15, -0.1) is 0 Å². The Labute approximate surface area is 344 Å². The fourth-order valence-electron chi connectivity index (χ4n) is 10.8. The summed E-state index contributed by atoms with van der Waals surface area (Å²) >= 11 is 0. The number of hydrogen-bond donors (Lipinski definition) is 1. The molecule has 4 aromatic rings. The number of amides is 1. The van der Waals surface area contributed by atoms with Crippen molar-refractivity contribution >= 4 is 28.9 Å². The maximum atomic E-state index is 15.0. The first-order chi connectivity index (χ1) is 28.5. The number of carbonyl (C=O) groups excluding carboxylic acids is 2. The van der Waals surface area contributed by atoms with Crippen LogP contribution in [0.15, 0.2) is 43.0 Å². The average molecular weight is 837 g/mol. The molecule has 0 radical (unpaired) electrons. The number of alkyl halides is 5. The van der Waals surface area contributed by atoms with Crippen LogP contribution in [0.2, 0.25) is 0 Å². The molecule has 12 nitrogen and oxygen atoms in total. The summed E-state index contributed by atoms with van der Waals surface area (Å²) in [6, 6.07) is 4.63. The third kappa shape index (κ3) is 7.65. The molecule has 0 atom stereocenters. The van der Waals surface area contributed by atoms with Crippen molar-refractivity contribution in [2.45, 2.75) is 127 Å². The van der Waals surface area contributed by atoms with Crippen LogP contribution in [0.25, 0.3) is 22.4 Å². The molecule has 5 saturated carbocycles. The molecule has 4 bridgehead atoms. The molecule has 0 unspecified atom stereocenters. The molecule has 6 fully saturated rings. The van der Waals surface area contributed by atoms with Crippen LogP contribution in [0.1, 0.15) is 113 Å². The fourth-order valence-corrected chi connectivity index (χ4v) is 10.8. The lowest BCUT2D eigenvalue weighted by Gasteiger charge is -2.59. The van der Waals surface area contributed by atoms with Gasteiger partial charge in [0.05, 0.1) is 5.56 Å². The number of carbonyl (C=O) groups is 2. The van der Waals surface area contributed by atoms with E-state index in [-0.39, 0.29) is 60.9 Å². The summed E-state index contributed by atoms with van der Waals surface area (Å²) in [4.78, 5) is 52.2. The Kier molecular flexibility index (Phi) is 10.0. The summed E-state index contributed by atoms with van der Waals surface area (Å²) in [6.45, 7) is 6.49. The van der Waals surface area contributed by atoms with Crippen molar-refractivity contribution in [1.29, 1.82) is 0 Å². The van der Waals surface area contributed by atoms with Crippen molar-refractivity contribution < 1.29 is 41.0 Å². The predicted molar refractivity (Wildman–Crippen MR) is 209 cm³/mol. The standard InChI is InChI=1S/C43H49F5N8O4/c1-40(2,3)60-38(58)42(26-18-24-17-25(20-26)21-27(42)19-24)54-37(57)31-22-51-35(53-34(31)43(46,47)48)32-23-56(28-7-11-41(44,45)12-8-28)36-30(32)5-6-33(52-36)59-29-9-15-55(16-10-29)39-49-13-4-14-50-39/h4-6,13-14,22-29H,7-12,15-21H2,1-3H3,(H,54,57). The van der Waals surface area contributed by atoms with Crippen LogP contribution >= 0.6 is 0 Å². The number of esters is 1. The van der Waals surface area contributed by atoms with E-state index in [0.717, 1.165) is 12.6 Å². The zero-order chi connectivity index (χ0) is 42.2. The first-order valence-electron chi connectivity index (χ1n) is 21.0. The van der Waals surface area contributed by atoms with Gasteiger partial charge in [0, 0.05) is 86.6 Å². The van der Waals surface area contributed by atoms with E-state index in [9.17, 15) is 18.4 Å². The van der Waals surface area contributed by atoms with Crippen LogP contribution in [0.3, 0.4) is 0 Å². The van der Waals surface area contributed by atoms with E-state index in [1.165, 1.54) is 0 Å². The van der Waals surface area contributed by atoms with Gasteiger partial charge < -0.3 is 24.3 Å². The topological polar surface area (TPSA) is 137 Å². The second-order valence-electron chi connectivity index (χ2n) is 18.5. The summed E-state index contributed by atoms with van der Waals surface area (Å²) in [7, 11) is 0. The fraction of sp³-hybridized carbons (Fsp3) is 0.605. The molecule has 1 amide bonds. The van der Waals surface area contributed by atoms with Crippen molar-refractivity contribution in [3.8, 4) is 17.3 Å². The monoisotopic (exact) mass is 836 g/mol. The summed E-state index contributed by atoms with van der Waals surface area (Å²) in [5.74, 6) is -3.68. The first-order valence-corrected chi connectivity index (χ1v) is 21.0. The molecule has 60 heavy (non-hydrogen) atoms. The molecule has 10 rings (SSSR count). The van der Waals surface area contributed by atoms with Crippen LogP contribution < -0.4 is 15.0 Å². The molecule has 320 valence electrons. The first kappa shape index (κ1) is 40.4. The van der Waals surface area contributed by atoms with Gasteiger partial charge >= 0.3 is 12.1 Å². The summed E-state index contributed by atoms with van der Waals surface area (Å²) in [5.41, 5.74) is -4.09. The van der Waals surface area contributed by atoms with Gasteiger partial charge in [0.1, 0.15) is 22.9 Å². The number of fused-ring (bicyclic) bond motifs is 1. The minimum Gasteiger partial charge on any atom is -0.474 e. The maximum Gasteiger partial charge on any atom is 0.434 e. The number of anilines is 1. The molecular weight excluding hydrogens is 788 g/mol. The van der Waals surface area contributed by atoms with E-state index in [4.69, 9.17) is 14.5 Å². The molecule has 1 saturated heterocycles. The minimum absolute atomic E-state index is 0.125. The Morgan fingerprint density at radius 2 is 1.52 bits per heavy atom. The number of rotatable bonds is 8. The third-order valence-corrected chi connectivity index (χ3v) is 13.3. The zero-order valence-corrected chi connectivity index (χ0v) is 33.9. The van der Waals surface area contributed by atoms with Crippen LogP contribution in [0.4, 0.5) is 27.9 Å². The van der Waals surface area contributed by atoms with E-state index in [1.807, 2.05) is 0 Å². The summed E-state index contributed by atoms with van der Waals surface area (Å²) in [6.07, 6.45) is 5.19. The van der Waals surface area contributed by atoms with Gasteiger partial charge in [-0.1, -0.05) is 0 Å². The largest absolute Gasteiger partial charge is 0.474 e. The molecule has 0 aromatic carbocycles. The Morgan fingerprint density at radius 1 is 0.867 bits per heavy atom. The molecule has 1 N–H and O–H groups in total. The van der Waals surface area contributed by atoms with Crippen LogP contribution in [-0.4, -0.2) is 77.6 Å². The van der Waals surface area contributed by atoms with Crippen molar-refractivity contribution in [2.75, 3.05) is 18.0 Å². The van der Waals surface area contributed by atoms with E-state index < -0.39 is 52.4 Å². The highest BCUT2D eigenvalue weighted by atomic mass is 19.4. The number of hydrogen-bond acceptors (Lipinski definition) is 10. The lowest BCUT2D eigenvalue weighted by Crippen LogP contribution is -2.71. The van der Waals surface area contributed by atoms with Crippen LogP contribution in [0, 0.1) is 23.7 Å². The number of pyridine rings is 1. The van der Waals surface area contributed by atoms with Crippen molar-refractivity contribution in [2.24, 2.45) is 23.7 Å². The molecule has 1 aliphatic heterocycles. The molecule has 5 heterocycles. The molecule has 4 aromatic heterocycles. The Morgan fingerprint density at radius 3 is 2.13 bits per heavy atom. The number of halogens is 5. The number of nitrogens with one attached hydrogen (secondary N) is 1. The quantitative estimate of drug-likeness (QED) is 0.136. The maximum absolute atomic E-state index is 15.0. The van der Waals surface area contributed by atoms with Gasteiger partial charge in [-0.05, 0) is 102 Å². The Balaban J connectivity index is 1.04. The predicted octanol–water partition coefficient (Wildman–Crippen LogP) is 8.37. The molecule has 17 heteroatoms. The highest BCUT2D eigenvalue weighted by Gasteiger charge is 2.63. The van der Waals surface area contributed by atoms with Crippen LogP contribution in [0.5, 0.6) is 5.88 Å². The number of ether oxygens (including phenoxy) is 2. The minimum atomic E-state index is -5.08. The lowest BCUT2D eigenvalue weighted by molar-refractivity contribution is -0.180. The van der Waals surface area contributed by atoms with E-state index in [1.54, 1.807) is 62.1 Å². The number of nitrogens with zero attached hydrogens (tertiary/aromatic N) is 7. The van der Waals surface area contributed by atoms with E-state index in [2.05, 4.69) is 30.2 Å². The third-order valence-electron chi connectivity index (χ3n) is 13.3. The molecule has 0 spiro atoms. The summed E-state index contributed by atoms with van der Waals surface area (Å²) < 4.78 is 87.7. The van der Waals surface area contributed by atoms with Crippen molar-refractivity contribution in [3.05, 3.63) is 54.2 Å². The van der Waals surface area contributed by atoms with Gasteiger partial charge in [-0.2, -0.15) is 18.2 Å². The average Bonchev–Trinajstić information content (AvgIpc) is 3.57. The molecular formula is C43H49F5N8O4. The molecule has 6 aliphatic rings. The van der Waals surface area contributed by atoms with Crippen molar-refractivity contribution in [3.63, 3.8) is 0 Å². The van der Waals surface area contributed by atoms with Gasteiger partial charge in [-0.3, -0.25) is 4.79 Å². The van der Waals surface area contributed by atoms with Gasteiger partial charge in [0.25, 0.3) is 5.91 Å². The summed E-state index contributed by atoms with van der Waals surface area (Å²) in [5, 5.41) is 3.23. The highest BCUT2D eigenvalue weighted by molar-refractivity contribution is 6.00. The van der Waals surface area contributed by atoms with Gasteiger partial charge in [-0.25, -0.2) is 33.5 Å². The van der Waals surface area contributed by atoms with E-state index >= 15 is 13.2 Å². The second-order valence-corrected chi connectivity index (χ2v) is 18.5. The van der Waals surface area contributed by atoms with Crippen LogP contribution in [-0.2, 0) is 15.7 Å². The number of aromatic nitrogens is 6. The molecule has 5 aliphatic carbocycles. The Bertz CT molecular complexity index is 2230. The second kappa shape index (κ2) is 14.9. The van der Waals surface area contributed by atoms with E-state index in [0.29, 0.717) is 80.4 Å². The number of piperidine rings is 1. The van der Waals surface area contributed by atoms with Gasteiger partial charge in [0.15, 0.2) is 11.5 Å². The normalized spacial score (nSPS) is 27.0.